The molecule has 1 atom stereocenters. The van der Waals surface area contributed by atoms with Crippen LogP contribution in [-0.2, 0) is 4.43 Å². The van der Waals surface area contributed by atoms with E-state index in [0.29, 0.717) is 6.61 Å². The van der Waals surface area contributed by atoms with Gasteiger partial charge in [-0.25, -0.2) is 4.98 Å². The van der Waals surface area contributed by atoms with Crippen molar-refractivity contribution in [3.63, 3.8) is 0 Å². The average molecular weight is 358 g/mol. The maximum Gasteiger partial charge on any atom is 0.219 e. The first-order chi connectivity index (χ1) is 9.13. The van der Waals surface area contributed by atoms with Crippen LogP contribution in [0.25, 0.3) is 0 Å². The molecule has 0 bridgehead atoms. The summed E-state index contributed by atoms with van der Waals surface area (Å²) in [6.07, 6.45) is 2.81. The molecule has 0 fully saturated rings. The lowest BCUT2D eigenvalue weighted by molar-refractivity contribution is 0.118. The van der Waals surface area contributed by atoms with E-state index < -0.39 is 8.32 Å². The Morgan fingerprint density at radius 1 is 1.40 bits per heavy atom. The molecule has 0 spiro atoms. The minimum atomic E-state index is -1.80. The smallest absolute Gasteiger partial charge is 0.219 e. The van der Waals surface area contributed by atoms with Crippen molar-refractivity contribution in [3.8, 4) is 5.88 Å². The molecule has 5 heteroatoms. The van der Waals surface area contributed by atoms with Crippen molar-refractivity contribution < 1.29 is 9.16 Å². The summed E-state index contributed by atoms with van der Waals surface area (Å²) in [5.74, 6) is 0.737. The minimum Gasteiger partial charge on any atom is -0.477 e. The van der Waals surface area contributed by atoms with Crippen LogP contribution in [0.2, 0.25) is 18.1 Å². The van der Waals surface area contributed by atoms with E-state index in [2.05, 4.69) is 61.7 Å². The van der Waals surface area contributed by atoms with Gasteiger partial charge < -0.3 is 9.16 Å². The summed E-state index contributed by atoms with van der Waals surface area (Å²) >= 11 is 3.56. The fourth-order valence-electron chi connectivity index (χ4n) is 2.12. The Hall–Kier alpha value is -0.393. The third kappa shape index (κ3) is 2.94. The van der Waals surface area contributed by atoms with Crippen LogP contribution < -0.4 is 4.74 Å². The van der Waals surface area contributed by atoms with Crippen LogP contribution in [-0.4, -0.2) is 19.9 Å². The first-order valence-electron chi connectivity index (χ1n) is 7.09. The second-order valence-electron chi connectivity index (χ2n) is 6.95. The Labute approximate surface area is 131 Å². The molecule has 0 aliphatic carbocycles. The number of ether oxygens (including phenoxy) is 1. The van der Waals surface area contributed by atoms with Gasteiger partial charge >= 0.3 is 0 Å². The van der Waals surface area contributed by atoms with Gasteiger partial charge in [-0.3, -0.25) is 0 Å². The van der Waals surface area contributed by atoms with Crippen LogP contribution in [0.1, 0.15) is 44.4 Å². The van der Waals surface area contributed by atoms with E-state index in [-0.39, 0.29) is 11.1 Å². The molecule has 2 rings (SSSR count). The number of halogens is 1. The molecule has 0 radical (unpaired) electrons. The third-order valence-electron chi connectivity index (χ3n) is 4.47. The first-order valence-corrected chi connectivity index (χ1v) is 10.8. The van der Waals surface area contributed by atoms with Gasteiger partial charge in [0.25, 0.3) is 0 Å². The molecule has 1 aliphatic rings. The van der Waals surface area contributed by atoms with Crippen molar-refractivity contribution in [2.45, 2.75) is 58.4 Å². The van der Waals surface area contributed by atoms with E-state index in [9.17, 15) is 0 Å². The highest BCUT2D eigenvalue weighted by Crippen LogP contribution is 2.44. The zero-order chi connectivity index (χ0) is 15.1. The summed E-state index contributed by atoms with van der Waals surface area (Å²) in [6.45, 7) is 14.2. The number of aromatic nitrogens is 1. The van der Waals surface area contributed by atoms with Crippen molar-refractivity contribution in [2.24, 2.45) is 0 Å². The predicted octanol–water partition coefficient (Wildman–Crippen LogP) is 5.00. The average Bonchev–Trinajstić information content (AvgIpc) is 2.32. The standard InChI is InChI=1S/C15H24BrNO2Si/c1-10-11(16)9-17-14-13(10)12(7-8-18-14)19-20(5,6)15(2,3)4/h9,12H,7-8H2,1-6H3. The summed E-state index contributed by atoms with van der Waals surface area (Å²) in [5, 5.41) is 0.207. The summed E-state index contributed by atoms with van der Waals surface area (Å²) in [6, 6.07) is 0. The van der Waals surface area contributed by atoms with Gasteiger partial charge in [-0.1, -0.05) is 20.8 Å². The molecule has 1 aromatic heterocycles. The number of nitrogens with zero attached hydrogens (tertiary/aromatic N) is 1. The zero-order valence-electron chi connectivity index (χ0n) is 13.2. The molecule has 3 nitrogen and oxygen atoms in total. The van der Waals surface area contributed by atoms with E-state index in [1.54, 1.807) is 0 Å². The highest BCUT2D eigenvalue weighted by Gasteiger charge is 2.41. The molecule has 0 N–H and O–H groups in total. The highest BCUT2D eigenvalue weighted by atomic mass is 79.9. The Morgan fingerprint density at radius 3 is 2.65 bits per heavy atom. The van der Waals surface area contributed by atoms with Crippen LogP contribution >= 0.6 is 15.9 Å². The molecule has 0 saturated carbocycles. The molecule has 1 aromatic rings. The normalized spacial score (nSPS) is 19.4. The van der Waals surface area contributed by atoms with Crippen LogP contribution in [0.5, 0.6) is 5.88 Å². The van der Waals surface area contributed by atoms with Crippen molar-refractivity contribution in [3.05, 3.63) is 21.8 Å². The van der Waals surface area contributed by atoms with Gasteiger partial charge in [0.15, 0.2) is 8.32 Å². The lowest BCUT2D eigenvalue weighted by Gasteiger charge is -2.41. The van der Waals surface area contributed by atoms with Gasteiger partial charge in [-0.05, 0) is 46.5 Å². The number of rotatable bonds is 2. The van der Waals surface area contributed by atoms with E-state index in [4.69, 9.17) is 9.16 Å². The van der Waals surface area contributed by atoms with Gasteiger partial charge in [-0.2, -0.15) is 0 Å². The summed E-state index contributed by atoms with van der Waals surface area (Å²) < 4.78 is 13.3. The molecule has 20 heavy (non-hydrogen) atoms. The van der Waals surface area contributed by atoms with E-state index >= 15 is 0 Å². The van der Waals surface area contributed by atoms with E-state index in [1.165, 1.54) is 5.56 Å². The third-order valence-corrected chi connectivity index (χ3v) is 9.76. The molecule has 0 aromatic carbocycles. The summed E-state index contributed by atoms with van der Waals surface area (Å²) in [5.41, 5.74) is 2.30. The quantitative estimate of drug-likeness (QED) is 0.698. The molecule has 1 unspecified atom stereocenters. The van der Waals surface area contributed by atoms with E-state index in [1.807, 2.05) is 6.20 Å². The SMILES string of the molecule is Cc1c(Br)cnc2c1C(O[Si](C)(C)C(C)(C)C)CCO2. The summed E-state index contributed by atoms with van der Waals surface area (Å²) in [7, 11) is -1.80. The first kappa shape index (κ1) is 16.0. The number of fused-ring (bicyclic) bond motifs is 1. The molecular formula is C15H24BrNO2Si. The van der Waals surface area contributed by atoms with Crippen LogP contribution in [0, 0.1) is 6.92 Å². The fraction of sp³-hybridized carbons (Fsp3) is 0.667. The maximum atomic E-state index is 6.60. The molecule has 2 heterocycles. The van der Waals surface area contributed by atoms with Gasteiger partial charge in [0, 0.05) is 22.7 Å². The Balaban J connectivity index is 2.36. The lowest BCUT2D eigenvalue weighted by atomic mass is 10.0. The Morgan fingerprint density at radius 2 is 2.05 bits per heavy atom. The topological polar surface area (TPSA) is 31.4 Å². The van der Waals surface area contributed by atoms with Gasteiger partial charge in [-0.15, -0.1) is 0 Å². The minimum absolute atomic E-state index is 0.102. The molecule has 112 valence electrons. The van der Waals surface area contributed by atoms with Crippen LogP contribution in [0.4, 0.5) is 0 Å². The van der Waals surface area contributed by atoms with Crippen LogP contribution in [0.15, 0.2) is 10.7 Å². The number of hydrogen-bond acceptors (Lipinski definition) is 3. The monoisotopic (exact) mass is 357 g/mol. The van der Waals surface area contributed by atoms with Gasteiger partial charge in [0.2, 0.25) is 5.88 Å². The van der Waals surface area contributed by atoms with Crippen LogP contribution in [0.3, 0.4) is 0 Å². The number of hydrogen-bond donors (Lipinski definition) is 0. The van der Waals surface area contributed by atoms with Crippen molar-refractivity contribution in [2.75, 3.05) is 6.61 Å². The molecular weight excluding hydrogens is 334 g/mol. The lowest BCUT2D eigenvalue weighted by Crippen LogP contribution is -2.42. The van der Waals surface area contributed by atoms with Gasteiger partial charge in [0.1, 0.15) is 0 Å². The molecule has 0 saturated heterocycles. The highest BCUT2D eigenvalue weighted by molar-refractivity contribution is 9.10. The zero-order valence-corrected chi connectivity index (χ0v) is 15.8. The predicted molar refractivity (Wildman–Crippen MR) is 87.8 cm³/mol. The largest absolute Gasteiger partial charge is 0.477 e. The second kappa shape index (κ2) is 5.43. The van der Waals surface area contributed by atoms with Crippen molar-refractivity contribution >= 4 is 24.2 Å². The van der Waals surface area contributed by atoms with Crippen molar-refractivity contribution in [1.29, 1.82) is 0 Å². The Bertz CT molecular complexity index is 511. The fourth-order valence-corrected chi connectivity index (χ4v) is 3.74. The van der Waals surface area contributed by atoms with Gasteiger partial charge in [0.05, 0.1) is 12.7 Å². The van der Waals surface area contributed by atoms with E-state index in [0.717, 1.165) is 22.3 Å². The second-order valence-corrected chi connectivity index (χ2v) is 12.6. The Kier molecular flexibility index (Phi) is 4.34. The molecule has 0 amide bonds. The maximum absolute atomic E-state index is 6.60. The number of pyridine rings is 1. The van der Waals surface area contributed by atoms with Crippen molar-refractivity contribution in [1.82, 2.24) is 4.98 Å². The summed E-state index contributed by atoms with van der Waals surface area (Å²) in [4.78, 5) is 4.39. The molecule has 1 aliphatic heterocycles.